The number of hydrogen-bond donors (Lipinski definition) is 1. The maximum Gasteiger partial charge on any atom is 0.332 e. The van der Waals surface area contributed by atoms with Crippen LogP contribution in [0.5, 0.6) is 11.5 Å². The van der Waals surface area contributed by atoms with Crippen LogP contribution in [0, 0.1) is 0 Å². The minimum Gasteiger partial charge on any atom is -0.507 e. The zero-order valence-electron chi connectivity index (χ0n) is 18.3. The molecule has 31 heavy (non-hydrogen) atoms. The molecule has 1 N–H and O–H groups in total. The van der Waals surface area contributed by atoms with Gasteiger partial charge < -0.3 is 23.9 Å². The first-order valence-corrected chi connectivity index (χ1v) is 9.74. The number of carbonyl (C=O) groups is 1. The van der Waals surface area contributed by atoms with Crippen LogP contribution in [-0.2, 0) is 27.9 Å². The quantitative estimate of drug-likeness (QED) is 0.604. The molecule has 0 aliphatic rings. The van der Waals surface area contributed by atoms with Gasteiger partial charge in [-0.1, -0.05) is 0 Å². The molecule has 164 valence electrons. The van der Waals surface area contributed by atoms with E-state index in [1.165, 1.54) is 17.9 Å². The van der Waals surface area contributed by atoms with Gasteiger partial charge >= 0.3 is 5.97 Å². The van der Waals surface area contributed by atoms with E-state index in [0.717, 1.165) is 5.56 Å². The zero-order chi connectivity index (χ0) is 22.8. The van der Waals surface area contributed by atoms with Gasteiger partial charge in [0.05, 0.1) is 24.7 Å². The largest absolute Gasteiger partial charge is 0.507 e. The van der Waals surface area contributed by atoms with Crippen LogP contribution >= 0.6 is 0 Å². The zero-order valence-corrected chi connectivity index (χ0v) is 18.3. The van der Waals surface area contributed by atoms with Gasteiger partial charge in [-0.2, -0.15) is 0 Å². The maximum absolute atomic E-state index is 12.4. The summed E-state index contributed by atoms with van der Waals surface area (Å²) < 4.78 is 17.6. The molecule has 8 nitrogen and oxygen atoms in total. The van der Waals surface area contributed by atoms with Crippen molar-refractivity contribution in [3.05, 3.63) is 52.7 Å². The number of pyridine rings is 2. The molecule has 0 aliphatic carbocycles. The second-order valence-corrected chi connectivity index (χ2v) is 8.14. The van der Waals surface area contributed by atoms with E-state index < -0.39 is 11.6 Å². The van der Waals surface area contributed by atoms with Crippen molar-refractivity contribution >= 4 is 16.7 Å². The highest BCUT2D eigenvalue weighted by atomic mass is 16.6. The Morgan fingerprint density at radius 1 is 1.23 bits per heavy atom. The highest BCUT2D eigenvalue weighted by Gasteiger charge is 2.18. The van der Waals surface area contributed by atoms with E-state index in [1.807, 2.05) is 0 Å². The lowest BCUT2D eigenvalue weighted by molar-refractivity contribution is -0.160. The molecule has 0 amide bonds. The number of rotatable bonds is 6. The Bertz CT molecular complexity index is 1180. The predicted molar refractivity (Wildman–Crippen MR) is 116 cm³/mol. The number of aromatic hydroxyl groups is 1. The van der Waals surface area contributed by atoms with Crippen LogP contribution in [0.15, 0.2) is 41.6 Å². The molecule has 3 aromatic rings. The van der Waals surface area contributed by atoms with Crippen LogP contribution < -0.4 is 10.3 Å². The molecular formula is C23H26N2O6. The molecule has 0 fully saturated rings. The minimum absolute atomic E-state index is 0.0352. The molecule has 0 saturated heterocycles. The lowest BCUT2D eigenvalue weighted by Crippen LogP contribution is -2.26. The Balaban J connectivity index is 1.92. The Morgan fingerprint density at radius 3 is 2.65 bits per heavy atom. The van der Waals surface area contributed by atoms with Crippen molar-refractivity contribution in [1.29, 1.82) is 0 Å². The molecule has 0 atom stereocenters. The molecular weight excluding hydrogens is 400 g/mol. The molecule has 8 heteroatoms. The van der Waals surface area contributed by atoms with E-state index in [9.17, 15) is 14.7 Å². The molecule has 0 saturated carbocycles. The number of phenols is 1. The molecule has 0 radical (unpaired) electrons. The third-order valence-electron chi connectivity index (χ3n) is 4.59. The lowest BCUT2D eigenvalue weighted by Gasteiger charge is -2.19. The first kappa shape index (κ1) is 22.3. The number of fused-ring (bicyclic) bond motifs is 1. The van der Waals surface area contributed by atoms with Crippen molar-refractivity contribution in [3.63, 3.8) is 0 Å². The summed E-state index contributed by atoms with van der Waals surface area (Å²) in [6, 6.07) is 5.09. The number of nitrogens with zero attached hydrogens (tertiary/aromatic N) is 2. The van der Waals surface area contributed by atoms with E-state index in [0.29, 0.717) is 27.6 Å². The predicted octanol–water partition coefficient (Wildman–Crippen LogP) is 3.17. The van der Waals surface area contributed by atoms with Gasteiger partial charge in [0.15, 0.2) is 0 Å². The monoisotopic (exact) mass is 426 g/mol. The number of aryl methyl sites for hydroxylation is 1. The third-order valence-corrected chi connectivity index (χ3v) is 4.59. The number of phenolic OH excluding ortho intramolecular Hbond substituents is 1. The molecule has 3 rings (SSSR count). The molecule has 2 heterocycles. The highest BCUT2D eigenvalue weighted by Crippen LogP contribution is 2.36. The second kappa shape index (κ2) is 8.77. The van der Waals surface area contributed by atoms with E-state index in [1.54, 1.807) is 58.4 Å². The van der Waals surface area contributed by atoms with Crippen molar-refractivity contribution in [2.75, 3.05) is 13.7 Å². The van der Waals surface area contributed by atoms with Gasteiger partial charge in [-0.25, -0.2) is 4.79 Å². The van der Waals surface area contributed by atoms with Crippen molar-refractivity contribution in [2.45, 2.75) is 33.0 Å². The van der Waals surface area contributed by atoms with E-state index in [4.69, 9.17) is 14.2 Å². The second-order valence-electron chi connectivity index (χ2n) is 8.14. The van der Waals surface area contributed by atoms with Gasteiger partial charge in [-0.05, 0) is 49.9 Å². The molecule has 1 aromatic carbocycles. The van der Waals surface area contributed by atoms with Crippen LogP contribution in [0.4, 0.5) is 0 Å². The minimum atomic E-state index is -0.601. The fourth-order valence-electron chi connectivity index (χ4n) is 3.26. The highest BCUT2D eigenvalue weighted by molar-refractivity contribution is 5.95. The van der Waals surface area contributed by atoms with Crippen molar-refractivity contribution in [2.24, 2.45) is 7.05 Å². The summed E-state index contributed by atoms with van der Waals surface area (Å²) in [7, 11) is 3.15. The third kappa shape index (κ3) is 5.03. The van der Waals surface area contributed by atoms with Crippen LogP contribution in [0.25, 0.3) is 21.9 Å². The fraction of sp³-hybridized carbons (Fsp3) is 0.348. The van der Waals surface area contributed by atoms with Crippen LogP contribution in [0.3, 0.4) is 0 Å². The Hall–Kier alpha value is -3.39. The maximum atomic E-state index is 12.4. The summed E-state index contributed by atoms with van der Waals surface area (Å²) >= 11 is 0. The SMILES string of the molecule is COc1cc(-c2cn(C)c(=O)c3cnccc23)cc(O)c1COCC(=O)OC(C)(C)C. The fourth-order valence-corrected chi connectivity index (χ4v) is 3.26. The average Bonchev–Trinajstić information content (AvgIpc) is 2.70. The number of hydrogen-bond acceptors (Lipinski definition) is 7. The molecule has 0 bridgehead atoms. The molecule has 2 aromatic heterocycles. The van der Waals surface area contributed by atoms with Gasteiger partial charge in [0.1, 0.15) is 23.7 Å². The summed E-state index contributed by atoms with van der Waals surface area (Å²) in [5.74, 6) is -0.141. The molecule has 0 spiro atoms. The summed E-state index contributed by atoms with van der Waals surface area (Å²) in [6.45, 7) is 5.04. The normalized spacial score (nSPS) is 11.5. The number of carbonyl (C=O) groups excluding carboxylic acids is 1. The summed E-state index contributed by atoms with van der Waals surface area (Å²) in [5.41, 5.74) is 1.06. The standard InChI is InChI=1S/C23H26N2O6/c1-23(2,3)31-21(27)13-30-12-18-19(26)8-14(9-20(18)29-5)17-11-25(4)22(28)16-10-24-7-6-15(16)17/h6-11,26H,12-13H2,1-5H3. The Kier molecular flexibility index (Phi) is 6.31. The van der Waals surface area contributed by atoms with E-state index in [2.05, 4.69) is 4.98 Å². The van der Waals surface area contributed by atoms with Gasteiger partial charge in [-0.3, -0.25) is 9.78 Å². The summed E-state index contributed by atoms with van der Waals surface area (Å²) in [5, 5.41) is 11.8. The Morgan fingerprint density at radius 2 is 1.97 bits per heavy atom. The number of aromatic nitrogens is 2. The van der Waals surface area contributed by atoms with Gasteiger partial charge in [0.25, 0.3) is 5.56 Å². The average molecular weight is 426 g/mol. The van der Waals surface area contributed by atoms with Crippen LogP contribution in [0.1, 0.15) is 26.3 Å². The van der Waals surface area contributed by atoms with Gasteiger partial charge in [0.2, 0.25) is 0 Å². The summed E-state index contributed by atoms with van der Waals surface area (Å²) in [6.07, 6.45) is 4.84. The number of ether oxygens (including phenoxy) is 3. The van der Waals surface area contributed by atoms with Crippen LogP contribution in [0.2, 0.25) is 0 Å². The molecule has 0 unspecified atom stereocenters. The van der Waals surface area contributed by atoms with Crippen molar-refractivity contribution in [1.82, 2.24) is 9.55 Å². The van der Waals surface area contributed by atoms with Crippen molar-refractivity contribution in [3.8, 4) is 22.6 Å². The number of benzene rings is 1. The van der Waals surface area contributed by atoms with E-state index in [-0.39, 0.29) is 24.5 Å². The van der Waals surface area contributed by atoms with Crippen molar-refractivity contribution < 1.29 is 24.1 Å². The van der Waals surface area contributed by atoms with Gasteiger partial charge in [0, 0.05) is 31.2 Å². The smallest absolute Gasteiger partial charge is 0.332 e. The van der Waals surface area contributed by atoms with Gasteiger partial charge in [-0.15, -0.1) is 0 Å². The van der Waals surface area contributed by atoms with E-state index >= 15 is 0 Å². The first-order chi connectivity index (χ1) is 14.6. The molecule has 0 aliphatic heterocycles. The Labute approximate surface area is 180 Å². The van der Waals surface area contributed by atoms with Crippen LogP contribution in [-0.4, -0.2) is 39.9 Å². The summed E-state index contributed by atoms with van der Waals surface area (Å²) in [4.78, 5) is 28.3. The lowest BCUT2D eigenvalue weighted by atomic mass is 9.99. The first-order valence-electron chi connectivity index (χ1n) is 9.74. The number of methoxy groups -OCH3 is 1. The number of esters is 1. The topological polar surface area (TPSA) is 99.9 Å².